The summed E-state index contributed by atoms with van der Waals surface area (Å²) >= 11 is 0. The maximum Gasteiger partial charge on any atom is 0.269 e. The third kappa shape index (κ3) is 3.49. The number of pyridine rings is 1. The minimum absolute atomic E-state index is 0.0389. The summed E-state index contributed by atoms with van der Waals surface area (Å²) in [6.45, 7) is 4.90. The molecule has 0 atom stereocenters. The van der Waals surface area contributed by atoms with Crippen LogP contribution < -0.4 is 5.56 Å². The normalized spacial score (nSPS) is 10.1. The van der Waals surface area contributed by atoms with Crippen LogP contribution in [-0.4, -0.2) is 28.5 Å². The third-order valence-corrected chi connectivity index (χ3v) is 3.77. The molecule has 0 fully saturated rings. The number of nitrogens with zero attached hydrogens (tertiary/aromatic N) is 3. The Kier molecular flexibility index (Phi) is 5.32. The van der Waals surface area contributed by atoms with E-state index in [1.54, 1.807) is 11.0 Å². The molecule has 0 saturated carbocycles. The molecule has 5 heteroatoms. The van der Waals surface area contributed by atoms with Crippen molar-refractivity contribution in [2.75, 3.05) is 13.1 Å². The van der Waals surface area contributed by atoms with Crippen molar-refractivity contribution in [3.63, 3.8) is 0 Å². The van der Waals surface area contributed by atoms with E-state index in [0.29, 0.717) is 18.8 Å². The Morgan fingerprint density at radius 1 is 1.13 bits per heavy atom. The van der Waals surface area contributed by atoms with Gasteiger partial charge in [-0.2, -0.15) is 5.26 Å². The summed E-state index contributed by atoms with van der Waals surface area (Å²) in [5, 5.41) is 9.08. The van der Waals surface area contributed by atoms with Crippen molar-refractivity contribution >= 4 is 5.91 Å². The van der Waals surface area contributed by atoms with Crippen molar-refractivity contribution in [2.45, 2.75) is 20.4 Å². The molecular weight excluding hydrogens is 290 g/mol. The fraction of sp³-hybridized carbons (Fsp3) is 0.278. The first-order valence-electron chi connectivity index (χ1n) is 7.59. The lowest BCUT2D eigenvalue weighted by molar-refractivity contribution is -0.131. The SMILES string of the molecule is CCN(CC)C(=O)Cn1c(-c2ccccc2)ccc(C#N)c1=O. The minimum atomic E-state index is -0.436. The molecular formula is C18H19N3O2. The van der Waals surface area contributed by atoms with Crippen LogP contribution in [-0.2, 0) is 11.3 Å². The van der Waals surface area contributed by atoms with E-state index in [4.69, 9.17) is 5.26 Å². The van der Waals surface area contributed by atoms with Gasteiger partial charge in [0.15, 0.2) is 0 Å². The molecule has 5 nitrogen and oxygen atoms in total. The Morgan fingerprint density at radius 3 is 2.35 bits per heavy atom. The maximum atomic E-state index is 12.5. The standard InChI is InChI=1S/C18H19N3O2/c1-3-20(4-2)17(22)13-21-16(14-8-6-5-7-9-14)11-10-15(12-19)18(21)23/h5-11H,3-4,13H2,1-2H3. The highest BCUT2D eigenvalue weighted by Gasteiger charge is 2.16. The summed E-state index contributed by atoms with van der Waals surface area (Å²) in [6, 6.07) is 14.5. The Labute approximate surface area is 135 Å². The van der Waals surface area contributed by atoms with E-state index in [1.807, 2.05) is 50.2 Å². The number of carbonyl (C=O) groups is 1. The largest absolute Gasteiger partial charge is 0.342 e. The van der Waals surface area contributed by atoms with Gasteiger partial charge >= 0.3 is 0 Å². The van der Waals surface area contributed by atoms with Crippen molar-refractivity contribution in [3.05, 3.63) is 58.4 Å². The zero-order valence-electron chi connectivity index (χ0n) is 13.3. The van der Waals surface area contributed by atoms with Crippen molar-refractivity contribution in [1.82, 2.24) is 9.47 Å². The first-order valence-corrected chi connectivity index (χ1v) is 7.59. The van der Waals surface area contributed by atoms with Gasteiger partial charge in [-0.15, -0.1) is 0 Å². The van der Waals surface area contributed by atoms with Gasteiger partial charge in [0.2, 0.25) is 5.91 Å². The van der Waals surface area contributed by atoms with Crippen molar-refractivity contribution in [3.8, 4) is 17.3 Å². The lowest BCUT2D eigenvalue weighted by Gasteiger charge is -2.20. The molecule has 0 bridgehead atoms. The van der Waals surface area contributed by atoms with Crippen LogP contribution in [0.3, 0.4) is 0 Å². The highest BCUT2D eigenvalue weighted by atomic mass is 16.2. The van der Waals surface area contributed by atoms with Gasteiger partial charge < -0.3 is 4.90 Å². The molecule has 1 aromatic heterocycles. The fourth-order valence-electron chi connectivity index (χ4n) is 2.49. The van der Waals surface area contributed by atoms with Gasteiger partial charge in [-0.25, -0.2) is 0 Å². The average Bonchev–Trinajstić information content (AvgIpc) is 2.58. The lowest BCUT2D eigenvalue weighted by Crippen LogP contribution is -2.37. The predicted octanol–water partition coefficient (Wildman–Crippen LogP) is 2.26. The number of carbonyl (C=O) groups excluding carboxylic acids is 1. The van der Waals surface area contributed by atoms with Gasteiger partial charge in [-0.3, -0.25) is 14.2 Å². The van der Waals surface area contributed by atoms with Crippen molar-refractivity contribution in [2.24, 2.45) is 0 Å². The average molecular weight is 309 g/mol. The second kappa shape index (κ2) is 7.41. The lowest BCUT2D eigenvalue weighted by atomic mass is 10.1. The van der Waals surface area contributed by atoms with Crippen LogP contribution in [0.25, 0.3) is 11.3 Å². The zero-order chi connectivity index (χ0) is 16.8. The molecule has 0 spiro atoms. The van der Waals surface area contributed by atoms with Crippen LogP contribution >= 0.6 is 0 Å². The second-order valence-corrected chi connectivity index (χ2v) is 5.07. The summed E-state index contributed by atoms with van der Waals surface area (Å²) < 4.78 is 1.38. The molecule has 0 N–H and O–H groups in total. The molecule has 1 amide bonds. The molecule has 0 aliphatic heterocycles. The smallest absolute Gasteiger partial charge is 0.269 e. The summed E-state index contributed by atoms with van der Waals surface area (Å²) in [6.07, 6.45) is 0. The molecule has 0 unspecified atom stereocenters. The number of benzene rings is 1. The number of amides is 1. The molecule has 0 radical (unpaired) electrons. The number of nitriles is 1. The molecule has 0 aliphatic carbocycles. The highest BCUT2D eigenvalue weighted by molar-refractivity contribution is 5.77. The monoisotopic (exact) mass is 309 g/mol. The van der Waals surface area contributed by atoms with Crippen molar-refractivity contribution in [1.29, 1.82) is 5.26 Å². The maximum absolute atomic E-state index is 12.5. The van der Waals surface area contributed by atoms with E-state index in [1.165, 1.54) is 10.6 Å². The molecule has 0 aliphatic rings. The molecule has 2 aromatic rings. The Bertz CT molecular complexity index is 784. The first-order chi connectivity index (χ1) is 11.1. The van der Waals surface area contributed by atoms with Crippen LogP contribution in [0.2, 0.25) is 0 Å². The van der Waals surface area contributed by atoms with Gasteiger partial charge in [0, 0.05) is 13.1 Å². The molecule has 0 saturated heterocycles. The number of rotatable bonds is 5. The number of hydrogen-bond donors (Lipinski definition) is 0. The van der Waals surface area contributed by atoms with Gasteiger partial charge in [-0.05, 0) is 31.5 Å². The van der Waals surface area contributed by atoms with E-state index < -0.39 is 5.56 Å². The van der Waals surface area contributed by atoms with Crippen LogP contribution in [0.15, 0.2) is 47.3 Å². The summed E-state index contributed by atoms with van der Waals surface area (Å²) in [4.78, 5) is 26.6. The summed E-state index contributed by atoms with van der Waals surface area (Å²) in [5.74, 6) is -0.135. The summed E-state index contributed by atoms with van der Waals surface area (Å²) in [7, 11) is 0. The Balaban J connectivity index is 2.54. The minimum Gasteiger partial charge on any atom is -0.342 e. The van der Waals surface area contributed by atoms with Gasteiger partial charge in [0.05, 0.1) is 5.69 Å². The molecule has 1 heterocycles. The second-order valence-electron chi connectivity index (χ2n) is 5.07. The molecule has 2 rings (SSSR count). The number of aromatic nitrogens is 1. The van der Waals surface area contributed by atoms with Crippen LogP contribution in [0.5, 0.6) is 0 Å². The van der Waals surface area contributed by atoms with Gasteiger partial charge in [0.25, 0.3) is 5.56 Å². The predicted molar refractivity (Wildman–Crippen MR) is 88.8 cm³/mol. The first kappa shape index (κ1) is 16.5. The van der Waals surface area contributed by atoms with Crippen LogP contribution in [0.1, 0.15) is 19.4 Å². The number of hydrogen-bond acceptors (Lipinski definition) is 3. The van der Waals surface area contributed by atoms with E-state index in [-0.39, 0.29) is 18.0 Å². The summed E-state index contributed by atoms with van der Waals surface area (Å²) in [5.41, 5.74) is 1.07. The van der Waals surface area contributed by atoms with E-state index in [0.717, 1.165) is 5.56 Å². The molecule has 118 valence electrons. The number of likely N-dealkylation sites (N-methyl/N-ethyl adjacent to an activating group) is 1. The van der Waals surface area contributed by atoms with E-state index >= 15 is 0 Å². The van der Waals surface area contributed by atoms with Crippen LogP contribution in [0.4, 0.5) is 0 Å². The Morgan fingerprint density at radius 2 is 1.78 bits per heavy atom. The zero-order valence-corrected chi connectivity index (χ0v) is 13.3. The van der Waals surface area contributed by atoms with E-state index in [2.05, 4.69) is 0 Å². The topological polar surface area (TPSA) is 66.1 Å². The highest BCUT2D eigenvalue weighted by Crippen LogP contribution is 2.18. The fourth-order valence-corrected chi connectivity index (χ4v) is 2.49. The van der Waals surface area contributed by atoms with Crippen LogP contribution in [0, 0.1) is 11.3 Å². The molecule has 23 heavy (non-hydrogen) atoms. The van der Waals surface area contributed by atoms with E-state index in [9.17, 15) is 9.59 Å². The Hall–Kier alpha value is -2.87. The van der Waals surface area contributed by atoms with Crippen molar-refractivity contribution < 1.29 is 4.79 Å². The molecule has 1 aromatic carbocycles. The quantitative estimate of drug-likeness (QED) is 0.851. The van der Waals surface area contributed by atoms with Gasteiger partial charge in [0.1, 0.15) is 18.2 Å². The third-order valence-electron chi connectivity index (χ3n) is 3.77. The van der Waals surface area contributed by atoms with Gasteiger partial charge in [-0.1, -0.05) is 30.3 Å².